The second-order valence-corrected chi connectivity index (χ2v) is 5.87. The minimum Gasteiger partial charge on any atom is -0.498 e. The predicted molar refractivity (Wildman–Crippen MR) is 94.3 cm³/mol. The van der Waals surface area contributed by atoms with Gasteiger partial charge >= 0.3 is 0 Å². The molecule has 0 saturated carbocycles. The van der Waals surface area contributed by atoms with Gasteiger partial charge in [0.25, 0.3) is 0 Å². The fourth-order valence-corrected chi connectivity index (χ4v) is 2.35. The molecule has 0 N–H and O–H groups in total. The number of allylic oxidation sites excluding steroid dienone is 1. The Balaban J connectivity index is 1.94. The SMILES string of the molecule is CCCCCCCCC/C(C)=C/OCCOc1ccccc1. The van der Waals surface area contributed by atoms with E-state index in [1.54, 1.807) is 0 Å². The van der Waals surface area contributed by atoms with Crippen LogP contribution in [0.3, 0.4) is 0 Å². The predicted octanol–water partition coefficient (Wildman–Crippen LogP) is 6.13. The quantitative estimate of drug-likeness (QED) is 0.322. The van der Waals surface area contributed by atoms with Gasteiger partial charge in [-0.2, -0.15) is 0 Å². The van der Waals surface area contributed by atoms with Crippen LogP contribution in [-0.2, 0) is 4.74 Å². The summed E-state index contributed by atoms with van der Waals surface area (Å²) in [6.07, 6.45) is 12.5. The Kier molecular flexibility index (Phi) is 11.2. The number of rotatable bonds is 13. The molecule has 2 nitrogen and oxygen atoms in total. The average molecular weight is 304 g/mol. The fourth-order valence-electron chi connectivity index (χ4n) is 2.35. The van der Waals surface area contributed by atoms with Crippen molar-refractivity contribution in [2.45, 2.75) is 65.2 Å². The van der Waals surface area contributed by atoms with E-state index in [1.165, 1.54) is 50.5 Å². The maximum Gasteiger partial charge on any atom is 0.122 e. The zero-order valence-electron chi connectivity index (χ0n) is 14.4. The van der Waals surface area contributed by atoms with Crippen LogP contribution < -0.4 is 4.74 Å². The highest BCUT2D eigenvalue weighted by atomic mass is 16.5. The van der Waals surface area contributed by atoms with Crippen LogP contribution in [0.2, 0.25) is 0 Å². The number of hydrogen-bond acceptors (Lipinski definition) is 2. The maximum atomic E-state index is 5.58. The molecule has 0 aromatic heterocycles. The van der Waals surface area contributed by atoms with Crippen molar-refractivity contribution in [2.24, 2.45) is 0 Å². The van der Waals surface area contributed by atoms with Gasteiger partial charge in [0.2, 0.25) is 0 Å². The van der Waals surface area contributed by atoms with E-state index in [1.807, 2.05) is 36.6 Å². The first-order chi connectivity index (χ1) is 10.8. The molecule has 1 rings (SSSR count). The van der Waals surface area contributed by atoms with Crippen molar-refractivity contribution < 1.29 is 9.47 Å². The molecule has 2 heteroatoms. The highest BCUT2D eigenvalue weighted by Crippen LogP contribution is 2.12. The van der Waals surface area contributed by atoms with Crippen LogP contribution in [0.4, 0.5) is 0 Å². The zero-order valence-corrected chi connectivity index (χ0v) is 14.4. The van der Waals surface area contributed by atoms with E-state index in [0.29, 0.717) is 13.2 Å². The highest BCUT2D eigenvalue weighted by Gasteiger charge is 1.94. The van der Waals surface area contributed by atoms with Crippen LogP contribution in [0.25, 0.3) is 0 Å². The van der Waals surface area contributed by atoms with Gasteiger partial charge in [-0.25, -0.2) is 0 Å². The van der Waals surface area contributed by atoms with Crippen LogP contribution in [0.5, 0.6) is 5.75 Å². The molecule has 124 valence electrons. The molecular weight excluding hydrogens is 272 g/mol. The molecule has 0 saturated heterocycles. The van der Waals surface area contributed by atoms with Gasteiger partial charge in [-0.3, -0.25) is 0 Å². The molecule has 0 amide bonds. The van der Waals surface area contributed by atoms with Crippen LogP contribution in [-0.4, -0.2) is 13.2 Å². The molecule has 0 unspecified atom stereocenters. The first-order valence-corrected chi connectivity index (χ1v) is 8.78. The molecule has 1 aromatic carbocycles. The van der Waals surface area contributed by atoms with E-state index in [2.05, 4.69) is 13.8 Å². The van der Waals surface area contributed by atoms with Gasteiger partial charge < -0.3 is 9.47 Å². The van der Waals surface area contributed by atoms with Crippen molar-refractivity contribution in [2.75, 3.05) is 13.2 Å². The van der Waals surface area contributed by atoms with Gasteiger partial charge in [-0.15, -0.1) is 0 Å². The first kappa shape index (κ1) is 18.6. The average Bonchev–Trinajstić information content (AvgIpc) is 2.54. The Morgan fingerprint density at radius 3 is 2.32 bits per heavy atom. The normalized spacial score (nSPS) is 11.5. The van der Waals surface area contributed by atoms with Crippen LogP contribution >= 0.6 is 0 Å². The van der Waals surface area contributed by atoms with E-state index >= 15 is 0 Å². The van der Waals surface area contributed by atoms with Gasteiger partial charge in [0.15, 0.2) is 0 Å². The van der Waals surface area contributed by atoms with Crippen molar-refractivity contribution in [3.05, 3.63) is 42.2 Å². The van der Waals surface area contributed by atoms with Crippen molar-refractivity contribution in [3.63, 3.8) is 0 Å². The molecule has 0 aliphatic rings. The molecule has 0 heterocycles. The summed E-state index contributed by atoms with van der Waals surface area (Å²) in [5.41, 5.74) is 1.33. The Hall–Kier alpha value is -1.44. The summed E-state index contributed by atoms with van der Waals surface area (Å²) in [6, 6.07) is 9.85. The number of para-hydroxylation sites is 1. The van der Waals surface area contributed by atoms with Crippen molar-refractivity contribution in [3.8, 4) is 5.75 Å². The molecule has 0 aliphatic carbocycles. The molecule has 0 radical (unpaired) electrons. The lowest BCUT2D eigenvalue weighted by molar-refractivity contribution is 0.177. The Morgan fingerprint density at radius 2 is 1.59 bits per heavy atom. The third kappa shape index (κ3) is 10.3. The molecule has 22 heavy (non-hydrogen) atoms. The maximum absolute atomic E-state index is 5.58. The van der Waals surface area contributed by atoms with E-state index < -0.39 is 0 Å². The topological polar surface area (TPSA) is 18.5 Å². The lowest BCUT2D eigenvalue weighted by atomic mass is 10.1. The molecule has 1 aromatic rings. The van der Waals surface area contributed by atoms with Crippen molar-refractivity contribution in [1.82, 2.24) is 0 Å². The fraction of sp³-hybridized carbons (Fsp3) is 0.600. The van der Waals surface area contributed by atoms with E-state index in [9.17, 15) is 0 Å². The van der Waals surface area contributed by atoms with E-state index in [0.717, 1.165) is 12.2 Å². The summed E-state index contributed by atoms with van der Waals surface area (Å²) < 4.78 is 11.1. The molecule has 0 aliphatic heterocycles. The molecule has 0 atom stereocenters. The van der Waals surface area contributed by atoms with Gasteiger partial charge in [-0.05, 0) is 37.5 Å². The van der Waals surface area contributed by atoms with Gasteiger partial charge in [0.05, 0.1) is 6.26 Å². The highest BCUT2D eigenvalue weighted by molar-refractivity contribution is 5.20. The van der Waals surface area contributed by atoms with Gasteiger partial charge in [0.1, 0.15) is 19.0 Å². The van der Waals surface area contributed by atoms with Crippen molar-refractivity contribution in [1.29, 1.82) is 0 Å². The zero-order chi connectivity index (χ0) is 15.9. The molecule has 0 fully saturated rings. The second kappa shape index (κ2) is 13.2. The Morgan fingerprint density at radius 1 is 0.909 bits per heavy atom. The molecule has 0 bridgehead atoms. The largest absolute Gasteiger partial charge is 0.498 e. The second-order valence-electron chi connectivity index (χ2n) is 5.87. The lowest BCUT2D eigenvalue weighted by Gasteiger charge is -2.07. The smallest absolute Gasteiger partial charge is 0.122 e. The van der Waals surface area contributed by atoms with E-state index in [4.69, 9.17) is 9.47 Å². The van der Waals surface area contributed by atoms with Crippen LogP contribution in [0.15, 0.2) is 42.2 Å². The number of ether oxygens (including phenoxy) is 2. The summed E-state index contributed by atoms with van der Waals surface area (Å²) in [6.45, 7) is 5.60. The number of benzene rings is 1. The molecule has 0 spiro atoms. The Bertz CT molecular complexity index is 384. The Labute approximate surface area is 136 Å². The minimum absolute atomic E-state index is 0.589. The first-order valence-electron chi connectivity index (χ1n) is 8.78. The lowest BCUT2D eigenvalue weighted by Crippen LogP contribution is -2.04. The summed E-state index contributed by atoms with van der Waals surface area (Å²) in [4.78, 5) is 0. The number of unbranched alkanes of at least 4 members (excludes halogenated alkanes) is 6. The van der Waals surface area contributed by atoms with E-state index in [-0.39, 0.29) is 0 Å². The summed E-state index contributed by atoms with van der Waals surface area (Å²) in [5.74, 6) is 0.898. The van der Waals surface area contributed by atoms with Crippen molar-refractivity contribution >= 4 is 0 Å². The third-order valence-electron chi connectivity index (χ3n) is 3.67. The minimum atomic E-state index is 0.589. The summed E-state index contributed by atoms with van der Waals surface area (Å²) >= 11 is 0. The third-order valence-corrected chi connectivity index (χ3v) is 3.67. The monoisotopic (exact) mass is 304 g/mol. The summed E-state index contributed by atoms with van der Waals surface area (Å²) in [5, 5.41) is 0. The van der Waals surface area contributed by atoms with Crippen LogP contribution in [0, 0.1) is 0 Å². The van der Waals surface area contributed by atoms with Crippen LogP contribution in [0.1, 0.15) is 65.2 Å². The van der Waals surface area contributed by atoms with Gasteiger partial charge in [-0.1, -0.05) is 63.6 Å². The number of hydrogen-bond donors (Lipinski definition) is 0. The summed E-state index contributed by atoms with van der Waals surface area (Å²) in [7, 11) is 0. The van der Waals surface area contributed by atoms with Gasteiger partial charge in [0, 0.05) is 0 Å². The molecular formula is C20H32O2. The standard InChI is InChI=1S/C20H32O2/c1-3-4-5-6-7-8-10-13-19(2)18-21-16-17-22-20-14-11-9-12-15-20/h9,11-12,14-15,18H,3-8,10,13,16-17H2,1-2H3/b19-18+.